The number of nitrogen functional groups attached to an aromatic ring is 1. The number of carbonyl (C=O) groups is 1. The molecule has 1 rings (SSSR count). The van der Waals surface area contributed by atoms with Gasteiger partial charge in [0.05, 0.1) is 7.11 Å². The Kier molecular flexibility index (Phi) is 6.35. The number of ether oxygens (including phenoxy) is 2. The Morgan fingerprint density at radius 3 is 2.63 bits per heavy atom. The number of rotatable bonds is 8. The summed E-state index contributed by atoms with van der Waals surface area (Å²) < 4.78 is 11.6. The van der Waals surface area contributed by atoms with Gasteiger partial charge in [0, 0.05) is 26.7 Å². The lowest BCUT2D eigenvalue weighted by Gasteiger charge is -2.08. The molecule has 108 valence electrons. The third-order valence-electron chi connectivity index (χ3n) is 3.01. The van der Waals surface area contributed by atoms with Gasteiger partial charge in [0.2, 0.25) is 0 Å². The first-order chi connectivity index (χ1) is 9.15. The number of nitrogens with two attached hydrogens (primary N) is 1. The van der Waals surface area contributed by atoms with Gasteiger partial charge in [-0.15, -0.1) is 0 Å². The Morgan fingerprint density at radius 2 is 2.05 bits per heavy atom. The van der Waals surface area contributed by atoms with Gasteiger partial charge in [-0.25, -0.2) is 9.78 Å². The molecule has 1 aromatic heterocycles. The van der Waals surface area contributed by atoms with Gasteiger partial charge in [-0.2, -0.15) is 0 Å². The van der Waals surface area contributed by atoms with Crippen LogP contribution in [0.5, 0.6) is 0 Å². The van der Waals surface area contributed by atoms with Crippen LogP contribution in [0.2, 0.25) is 0 Å². The average molecular weight is 269 g/mol. The summed E-state index contributed by atoms with van der Waals surface area (Å²) in [4.78, 5) is 15.8. The fraction of sp³-hybridized carbons (Fsp3) is 0.692. The number of unbranched alkanes of at least 4 members (excludes halogenated alkanes) is 2. The van der Waals surface area contributed by atoms with Crippen LogP contribution in [0.1, 0.15) is 42.5 Å². The van der Waals surface area contributed by atoms with Crippen LogP contribution in [0.25, 0.3) is 0 Å². The van der Waals surface area contributed by atoms with E-state index in [1.807, 2.05) is 11.5 Å². The second kappa shape index (κ2) is 7.78. The highest BCUT2D eigenvalue weighted by molar-refractivity contribution is 5.92. The van der Waals surface area contributed by atoms with Gasteiger partial charge < -0.3 is 19.8 Å². The molecule has 0 aliphatic rings. The van der Waals surface area contributed by atoms with Crippen LogP contribution in [0.15, 0.2) is 0 Å². The quantitative estimate of drug-likeness (QED) is 0.573. The molecular formula is C13H23N3O3. The predicted octanol–water partition coefficient (Wildman–Crippen LogP) is 1.63. The third kappa shape index (κ3) is 3.96. The van der Waals surface area contributed by atoms with Crippen LogP contribution in [0.3, 0.4) is 0 Å². The Morgan fingerprint density at radius 1 is 1.32 bits per heavy atom. The maximum atomic E-state index is 11.5. The monoisotopic (exact) mass is 269 g/mol. The summed E-state index contributed by atoms with van der Waals surface area (Å²) in [5, 5.41) is 0. The van der Waals surface area contributed by atoms with Crippen molar-refractivity contribution in [1.29, 1.82) is 0 Å². The van der Waals surface area contributed by atoms with Crippen LogP contribution in [-0.4, -0.2) is 36.3 Å². The molecule has 0 saturated carbocycles. The van der Waals surface area contributed by atoms with Crippen molar-refractivity contribution in [2.45, 2.75) is 39.2 Å². The molecule has 19 heavy (non-hydrogen) atoms. The number of esters is 1. The summed E-state index contributed by atoms with van der Waals surface area (Å²) in [5.74, 6) is 0.741. The molecule has 0 unspecified atom stereocenters. The van der Waals surface area contributed by atoms with Crippen molar-refractivity contribution in [2.24, 2.45) is 0 Å². The average Bonchev–Trinajstić information content (AvgIpc) is 2.74. The predicted molar refractivity (Wildman–Crippen MR) is 73.1 cm³/mol. The van der Waals surface area contributed by atoms with E-state index in [0.717, 1.165) is 44.7 Å². The molecule has 0 bridgehead atoms. The molecule has 1 heterocycles. The molecule has 0 amide bonds. The van der Waals surface area contributed by atoms with E-state index in [1.165, 1.54) is 7.11 Å². The normalized spacial score (nSPS) is 10.7. The summed E-state index contributed by atoms with van der Waals surface area (Å²) in [6.07, 6.45) is 3.80. The fourth-order valence-electron chi connectivity index (χ4n) is 1.97. The van der Waals surface area contributed by atoms with Crippen molar-refractivity contribution < 1.29 is 14.3 Å². The van der Waals surface area contributed by atoms with Gasteiger partial charge in [0.25, 0.3) is 0 Å². The van der Waals surface area contributed by atoms with Gasteiger partial charge in [-0.1, -0.05) is 6.92 Å². The van der Waals surface area contributed by atoms with E-state index in [-0.39, 0.29) is 5.69 Å². The van der Waals surface area contributed by atoms with E-state index in [9.17, 15) is 4.79 Å². The van der Waals surface area contributed by atoms with Crippen molar-refractivity contribution in [2.75, 3.05) is 26.6 Å². The highest BCUT2D eigenvalue weighted by atomic mass is 16.5. The second-order valence-electron chi connectivity index (χ2n) is 4.31. The van der Waals surface area contributed by atoms with Crippen LogP contribution < -0.4 is 5.73 Å². The zero-order valence-corrected chi connectivity index (χ0v) is 11.9. The summed E-state index contributed by atoms with van der Waals surface area (Å²) in [5.41, 5.74) is 6.19. The van der Waals surface area contributed by atoms with E-state index < -0.39 is 5.97 Å². The first-order valence-electron chi connectivity index (χ1n) is 6.57. The largest absolute Gasteiger partial charge is 0.464 e. The van der Waals surface area contributed by atoms with Crippen molar-refractivity contribution >= 4 is 11.8 Å². The summed E-state index contributed by atoms with van der Waals surface area (Å²) in [6.45, 7) is 3.53. The van der Waals surface area contributed by atoms with Crippen molar-refractivity contribution in [3.8, 4) is 0 Å². The Bertz CT molecular complexity index is 416. The Hall–Kier alpha value is -1.56. The molecule has 0 fully saturated rings. The van der Waals surface area contributed by atoms with E-state index in [2.05, 4.69) is 9.72 Å². The minimum Gasteiger partial charge on any atom is -0.464 e. The molecule has 2 N–H and O–H groups in total. The molecule has 1 aromatic rings. The maximum absolute atomic E-state index is 11.5. The van der Waals surface area contributed by atoms with Gasteiger partial charge in [0.1, 0.15) is 11.6 Å². The van der Waals surface area contributed by atoms with Gasteiger partial charge >= 0.3 is 5.97 Å². The molecule has 0 spiro atoms. The number of aromatic nitrogens is 2. The highest BCUT2D eigenvalue weighted by Crippen LogP contribution is 2.17. The molecule has 0 saturated heterocycles. The molecular weight excluding hydrogens is 246 g/mol. The van der Waals surface area contributed by atoms with Gasteiger partial charge in [-0.05, 0) is 19.3 Å². The number of nitrogens with zero attached hydrogens (tertiary/aromatic N) is 2. The SMILES string of the molecule is CCc1nc(C(=O)OC)c(N)n1CCCCCOC. The number of carbonyl (C=O) groups excluding carboxylic acids is 1. The van der Waals surface area contributed by atoms with E-state index in [1.54, 1.807) is 7.11 Å². The third-order valence-corrected chi connectivity index (χ3v) is 3.01. The molecule has 0 aliphatic carbocycles. The first kappa shape index (κ1) is 15.5. The minimum atomic E-state index is -0.481. The topological polar surface area (TPSA) is 79.4 Å². The zero-order chi connectivity index (χ0) is 14.3. The van der Waals surface area contributed by atoms with Gasteiger partial charge in [0.15, 0.2) is 5.69 Å². The number of methoxy groups -OCH3 is 2. The molecule has 6 nitrogen and oxygen atoms in total. The molecule has 6 heteroatoms. The second-order valence-corrected chi connectivity index (χ2v) is 4.31. The Labute approximate surface area is 113 Å². The minimum absolute atomic E-state index is 0.219. The van der Waals surface area contributed by atoms with Crippen molar-refractivity contribution in [3.63, 3.8) is 0 Å². The zero-order valence-electron chi connectivity index (χ0n) is 11.9. The number of hydrogen-bond donors (Lipinski definition) is 1. The summed E-state index contributed by atoms with van der Waals surface area (Å²) >= 11 is 0. The summed E-state index contributed by atoms with van der Waals surface area (Å²) in [7, 11) is 3.03. The van der Waals surface area contributed by atoms with E-state index in [0.29, 0.717) is 5.82 Å². The lowest BCUT2D eigenvalue weighted by atomic mass is 10.2. The Balaban J connectivity index is 2.70. The van der Waals surface area contributed by atoms with Crippen LogP contribution in [-0.2, 0) is 22.4 Å². The van der Waals surface area contributed by atoms with E-state index in [4.69, 9.17) is 10.5 Å². The highest BCUT2D eigenvalue weighted by Gasteiger charge is 2.19. The lowest BCUT2D eigenvalue weighted by molar-refractivity contribution is 0.0595. The molecule has 0 aromatic carbocycles. The lowest BCUT2D eigenvalue weighted by Crippen LogP contribution is -2.09. The molecule has 0 radical (unpaired) electrons. The van der Waals surface area contributed by atoms with E-state index >= 15 is 0 Å². The smallest absolute Gasteiger partial charge is 0.360 e. The maximum Gasteiger partial charge on any atom is 0.360 e. The van der Waals surface area contributed by atoms with Crippen LogP contribution in [0, 0.1) is 0 Å². The number of imidazole rings is 1. The summed E-state index contributed by atoms with van der Waals surface area (Å²) in [6, 6.07) is 0. The van der Waals surface area contributed by atoms with Crippen molar-refractivity contribution in [3.05, 3.63) is 11.5 Å². The van der Waals surface area contributed by atoms with Crippen molar-refractivity contribution in [1.82, 2.24) is 9.55 Å². The number of hydrogen-bond acceptors (Lipinski definition) is 5. The fourth-order valence-corrected chi connectivity index (χ4v) is 1.97. The molecule has 0 atom stereocenters. The van der Waals surface area contributed by atoms with Crippen LogP contribution in [0.4, 0.5) is 5.82 Å². The van der Waals surface area contributed by atoms with Crippen LogP contribution >= 0.6 is 0 Å². The first-order valence-corrected chi connectivity index (χ1v) is 6.57. The number of aryl methyl sites for hydroxylation is 1. The number of anilines is 1. The van der Waals surface area contributed by atoms with Gasteiger partial charge in [-0.3, -0.25) is 0 Å². The molecule has 0 aliphatic heterocycles. The standard InChI is InChI=1S/C13H23N3O3/c1-4-10-15-11(13(17)19-3)12(14)16(10)8-6-5-7-9-18-2/h4-9,14H2,1-3H3.